The zero-order valence-electron chi connectivity index (χ0n) is 13.9. The maximum absolute atomic E-state index is 12.0. The van der Waals surface area contributed by atoms with E-state index in [9.17, 15) is 9.59 Å². The molecule has 1 atom stereocenters. The Morgan fingerprint density at radius 3 is 2.61 bits per heavy atom. The highest BCUT2D eigenvalue weighted by Gasteiger charge is 2.24. The largest absolute Gasteiger partial charge is 0.493 e. The van der Waals surface area contributed by atoms with Gasteiger partial charge in [-0.3, -0.25) is 9.59 Å². The predicted octanol–water partition coefficient (Wildman–Crippen LogP) is 1.55. The van der Waals surface area contributed by atoms with E-state index in [-0.39, 0.29) is 24.3 Å². The highest BCUT2D eigenvalue weighted by Crippen LogP contribution is 2.33. The predicted molar refractivity (Wildman–Crippen MR) is 86.8 cm³/mol. The molecule has 1 N–H and O–H groups in total. The molecule has 1 aliphatic heterocycles. The Morgan fingerprint density at radius 2 is 2.04 bits per heavy atom. The molecule has 6 heteroatoms. The van der Waals surface area contributed by atoms with Crippen LogP contribution in [0.1, 0.15) is 31.7 Å². The molecule has 0 aromatic heterocycles. The molecule has 0 saturated carbocycles. The van der Waals surface area contributed by atoms with E-state index in [0.29, 0.717) is 37.6 Å². The molecule has 2 rings (SSSR count). The van der Waals surface area contributed by atoms with Crippen LogP contribution < -0.4 is 14.8 Å². The minimum atomic E-state index is -0.0493. The Hall–Kier alpha value is -2.24. The van der Waals surface area contributed by atoms with E-state index in [1.807, 2.05) is 26.0 Å². The van der Waals surface area contributed by atoms with Gasteiger partial charge in [-0.15, -0.1) is 0 Å². The smallest absolute Gasteiger partial charge is 0.260 e. The third-order valence-electron chi connectivity index (χ3n) is 4.10. The van der Waals surface area contributed by atoms with Crippen molar-refractivity contribution in [2.24, 2.45) is 0 Å². The van der Waals surface area contributed by atoms with E-state index in [4.69, 9.17) is 9.47 Å². The van der Waals surface area contributed by atoms with Crippen LogP contribution in [-0.2, 0) is 9.59 Å². The molecule has 1 aromatic rings. The highest BCUT2D eigenvalue weighted by molar-refractivity contribution is 5.79. The molecule has 2 amide bonds. The fraction of sp³-hybridized carbons (Fsp3) is 0.529. The summed E-state index contributed by atoms with van der Waals surface area (Å²) in [6.45, 7) is 5.83. The first-order valence-electron chi connectivity index (χ1n) is 7.94. The van der Waals surface area contributed by atoms with Gasteiger partial charge in [0.05, 0.1) is 7.11 Å². The molecule has 0 radical (unpaired) electrons. The summed E-state index contributed by atoms with van der Waals surface area (Å²) in [7, 11) is 1.57. The molecule has 1 saturated heterocycles. The van der Waals surface area contributed by atoms with Crippen LogP contribution in [-0.4, -0.2) is 50.1 Å². The second kappa shape index (κ2) is 7.85. The summed E-state index contributed by atoms with van der Waals surface area (Å²) >= 11 is 0. The van der Waals surface area contributed by atoms with Crippen LogP contribution in [0, 0.1) is 0 Å². The molecule has 1 aromatic carbocycles. The maximum atomic E-state index is 12.0. The zero-order valence-corrected chi connectivity index (χ0v) is 13.9. The lowest BCUT2D eigenvalue weighted by atomic mass is 9.98. The number of benzene rings is 1. The summed E-state index contributed by atoms with van der Waals surface area (Å²) in [6.07, 6.45) is 0.490. The van der Waals surface area contributed by atoms with Crippen molar-refractivity contribution >= 4 is 11.8 Å². The number of carbonyl (C=O) groups is 2. The number of amides is 2. The number of nitrogens with zero attached hydrogens (tertiary/aromatic N) is 1. The van der Waals surface area contributed by atoms with E-state index in [1.165, 1.54) is 0 Å². The molecule has 1 unspecified atom stereocenters. The number of ether oxygens (including phenoxy) is 2. The first kappa shape index (κ1) is 17.1. The van der Waals surface area contributed by atoms with Gasteiger partial charge in [-0.05, 0) is 31.5 Å². The molecular formula is C17H24N2O4. The van der Waals surface area contributed by atoms with E-state index in [0.717, 1.165) is 5.56 Å². The number of carbonyl (C=O) groups excluding carboxylic acids is 2. The average Bonchev–Trinajstić information content (AvgIpc) is 3.00. The molecule has 1 fully saturated rings. The Morgan fingerprint density at radius 1 is 1.30 bits per heavy atom. The van der Waals surface area contributed by atoms with Gasteiger partial charge in [0.1, 0.15) is 0 Å². The number of hydrogen-bond acceptors (Lipinski definition) is 4. The van der Waals surface area contributed by atoms with Crippen LogP contribution >= 0.6 is 0 Å². The van der Waals surface area contributed by atoms with E-state index in [2.05, 4.69) is 5.32 Å². The van der Waals surface area contributed by atoms with Crippen molar-refractivity contribution < 1.29 is 19.1 Å². The van der Waals surface area contributed by atoms with Gasteiger partial charge >= 0.3 is 0 Å². The van der Waals surface area contributed by atoms with Crippen molar-refractivity contribution in [1.82, 2.24) is 10.2 Å². The van der Waals surface area contributed by atoms with Crippen LogP contribution in [0.4, 0.5) is 0 Å². The second-order valence-corrected chi connectivity index (χ2v) is 5.47. The monoisotopic (exact) mass is 320 g/mol. The number of hydrogen-bond donors (Lipinski definition) is 1. The summed E-state index contributed by atoms with van der Waals surface area (Å²) in [4.78, 5) is 25.1. The van der Waals surface area contributed by atoms with Gasteiger partial charge in [0.2, 0.25) is 5.91 Å². The number of likely N-dealkylation sites (N-methyl/N-ethyl adjacent to an activating group) is 1. The molecule has 1 aliphatic rings. The van der Waals surface area contributed by atoms with Crippen LogP contribution in [0.5, 0.6) is 11.5 Å². The lowest BCUT2D eigenvalue weighted by Gasteiger charge is -2.19. The first-order chi connectivity index (χ1) is 11.1. The van der Waals surface area contributed by atoms with Crippen molar-refractivity contribution in [3.8, 4) is 11.5 Å². The van der Waals surface area contributed by atoms with Crippen LogP contribution in [0.3, 0.4) is 0 Å². The van der Waals surface area contributed by atoms with Crippen LogP contribution in [0.2, 0.25) is 0 Å². The Balaban J connectivity index is 2.05. The summed E-state index contributed by atoms with van der Waals surface area (Å²) in [6, 6.07) is 5.60. The molecule has 0 aliphatic carbocycles. The summed E-state index contributed by atoms with van der Waals surface area (Å²) < 4.78 is 11.0. The van der Waals surface area contributed by atoms with Gasteiger partial charge < -0.3 is 19.7 Å². The van der Waals surface area contributed by atoms with Gasteiger partial charge in [0.15, 0.2) is 18.1 Å². The quantitative estimate of drug-likeness (QED) is 0.827. The van der Waals surface area contributed by atoms with Crippen LogP contribution in [0.15, 0.2) is 18.2 Å². The van der Waals surface area contributed by atoms with Crippen molar-refractivity contribution in [3.63, 3.8) is 0 Å². The Labute approximate surface area is 136 Å². The molecule has 1 heterocycles. The standard InChI is InChI=1S/C17H24N2O4/c1-4-19(5-2)17(21)11-23-14-7-6-12(8-15(14)22-3)13-9-16(20)18-10-13/h6-8,13H,4-5,9-11H2,1-3H3,(H,18,20). The SMILES string of the molecule is CCN(CC)C(=O)COc1ccc(C2CNC(=O)C2)cc1OC. The minimum absolute atomic E-state index is 0.0130. The molecule has 23 heavy (non-hydrogen) atoms. The summed E-state index contributed by atoms with van der Waals surface area (Å²) in [5, 5.41) is 2.82. The fourth-order valence-electron chi connectivity index (χ4n) is 2.71. The normalized spacial score (nSPS) is 16.8. The number of methoxy groups -OCH3 is 1. The molecule has 0 spiro atoms. The molecule has 0 bridgehead atoms. The minimum Gasteiger partial charge on any atom is -0.493 e. The topological polar surface area (TPSA) is 67.9 Å². The fourth-order valence-corrected chi connectivity index (χ4v) is 2.71. The molecule has 126 valence electrons. The van der Waals surface area contributed by atoms with Crippen molar-refractivity contribution in [1.29, 1.82) is 0 Å². The van der Waals surface area contributed by atoms with Gasteiger partial charge in [-0.2, -0.15) is 0 Å². The average molecular weight is 320 g/mol. The van der Waals surface area contributed by atoms with Crippen LogP contribution in [0.25, 0.3) is 0 Å². The van der Waals surface area contributed by atoms with Crippen molar-refractivity contribution in [2.75, 3.05) is 33.4 Å². The number of rotatable bonds is 7. The highest BCUT2D eigenvalue weighted by atomic mass is 16.5. The van der Waals surface area contributed by atoms with Gasteiger partial charge in [0.25, 0.3) is 5.91 Å². The lowest BCUT2D eigenvalue weighted by molar-refractivity contribution is -0.133. The van der Waals surface area contributed by atoms with Crippen molar-refractivity contribution in [3.05, 3.63) is 23.8 Å². The third-order valence-corrected chi connectivity index (χ3v) is 4.10. The summed E-state index contributed by atoms with van der Waals surface area (Å²) in [5.41, 5.74) is 1.03. The second-order valence-electron chi connectivity index (χ2n) is 5.47. The van der Waals surface area contributed by atoms with E-state index in [1.54, 1.807) is 18.1 Å². The third kappa shape index (κ3) is 4.15. The van der Waals surface area contributed by atoms with E-state index < -0.39 is 0 Å². The first-order valence-corrected chi connectivity index (χ1v) is 7.94. The van der Waals surface area contributed by atoms with Gasteiger partial charge in [-0.1, -0.05) is 6.07 Å². The maximum Gasteiger partial charge on any atom is 0.260 e. The number of nitrogens with one attached hydrogen (secondary N) is 1. The van der Waals surface area contributed by atoms with Crippen molar-refractivity contribution in [2.45, 2.75) is 26.2 Å². The Kier molecular flexibility index (Phi) is 5.84. The zero-order chi connectivity index (χ0) is 16.8. The van der Waals surface area contributed by atoms with Gasteiger partial charge in [0, 0.05) is 32.0 Å². The lowest BCUT2D eigenvalue weighted by Crippen LogP contribution is -2.34. The van der Waals surface area contributed by atoms with Gasteiger partial charge in [-0.25, -0.2) is 0 Å². The molecular weight excluding hydrogens is 296 g/mol. The Bertz CT molecular complexity index is 570. The molecule has 6 nitrogen and oxygen atoms in total. The van der Waals surface area contributed by atoms with E-state index >= 15 is 0 Å². The summed E-state index contributed by atoms with van der Waals surface area (Å²) in [5.74, 6) is 1.29.